The van der Waals surface area contributed by atoms with Crippen molar-refractivity contribution in [2.24, 2.45) is 17.8 Å². The van der Waals surface area contributed by atoms with Crippen molar-refractivity contribution in [2.75, 3.05) is 13.1 Å². The van der Waals surface area contributed by atoms with Gasteiger partial charge in [-0.25, -0.2) is 4.79 Å². The molecular formula is C28H37ClN2O3. The monoisotopic (exact) mass is 484 g/mol. The van der Waals surface area contributed by atoms with E-state index in [-0.39, 0.29) is 18.1 Å². The number of nitrogens with zero attached hydrogens (tertiary/aromatic N) is 1. The average Bonchev–Trinajstić information content (AvgIpc) is 3.56. The van der Waals surface area contributed by atoms with Gasteiger partial charge in [-0.15, -0.1) is 0 Å². The molecule has 0 saturated heterocycles. The smallest absolute Gasteiger partial charge is 0.407 e. The normalized spacial score (nSPS) is 26.7. The van der Waals surface area contributed by atoms with Crippen LogP contribution in [0.15, 0.2) is 23.8 Å². The highest BCUT2D eigenvalue weighted by Gasteiger charge is 2.46. The Hall–Kier alpha value is -2.01. The van der Waals surface area contributed by atoms with Crippen LogP contribution in [0.1, 0.15) is 76.8 Å². The van der Waals surface area contributed by atoms with Gasteiger partial charge in [0.15, 0.2) is 0 Å². The van der Waals surface area contributed by atoms with Gasteiger partial charge in [0.05, 0.1) is 6.04 Å². The molecule has 0 radical (unpaired) electrons. The predicted molar refractivity (Wildman–Crippen MR) is 135 cm³/mol. The minimum Gasteiger partial charge on any atom is -0.444 e. The summed E-state index contributed by atoms with van der Waals surface area (Å²) >= 11 is 6.28. The number of nitrogens with one attached hydrogen (secondary N) is 1. The predicted octanol–water partition coefficient (Wildman–Crippen LogP) is 5.99. The first-order chi connectivity index (χ1) is 16.2. The molecule has 5 rings (SSSR count). The Balaban J connectivity index is 1.19. The van der Waals surface area contributed by atoms with Gasteiger partial charge in [0.2, 0.25) is 5.91 Å². The molecule has 5 nitrogen and oxygen atoms in total. The second kappa shape index (κ2) is 9.22. The molecule has 0 bridgehead atoms. The summed E-state index contributed by atoms with van der Waals surface area (Å²) < 4.78 is 5.35. The van der Waals surface area contributed by atoms with Crippen LogP contribution in [0.4, 0.5) is 4.79 Å². The molecule has 1 heterocycles. The third-order valence-corrected chi connectivity index (χ3v) is 8.17. The van der Waals surface area contributed by atoms with Crippen molar-refractivity contribution < 1.29 is 14.3 Å². The number of hydrogen-bond donors (Lipinski definition) is 1. The number of benzene rings is 1. The lowest BCUT2D eigenvalue weighted by molar-refractivity contribution is -0.139. The van der Waals surface area contributed by atoms with Gasteiger partial charge in [0.1, 0.15) is 5.60 Å². The van der Waals surface area contributed by atoms with Gasteiger partial charge in [-0.1, -0.05) is 17.7 Å². The van der Waals surface area contributed by atoms with Crippen molar-refractivity contribution in [2.45, 2.75) is 83.8 Å². The largest absolute Gasteiger partial charge is 0.444 e. The van der Waals surface area contributed by atoms with E-state index in [4.69, 9.17) is 16.3 Å². The van der Waals surface area contributed by atoms with Crippen LogP contribution in [0, 0.1) is 17.8 Å². The molecule has 2 fully saturated rings. The maximum atomic E-state index is 13.7. The van der Waals surface area contributed by atoms with Gasteiger partial charge < -0.3 is 15.0 Å². The summed E-state index contributed by atoms with van der Waals surface area (Å²) in [7, 11) is 0. The number of halogens is 1. The third kappa shape index (κ3) is 5.00. The Labute approximate surface area is 208 Å². The topological polar surface area (TPSA) is 58.6 Å². The van der Waals surface area contributed by atoms with Crippen LogP contribution in [0.5, 0.6) is 0 Å². The molecule has 0 spiro atoms. The highest BCUT2D eigenvalue weighted by atomic mass is 35.5. The zero-order valence-corrected chi connectivity index (χ0v) is 21.4. The summed E-state index contributed by atoms with van der Waals surface area (Å²) in [6.45, 7) is 7.08. The second-order valence-electron chi connectivity index (χ2n) is 11.6. The minimum absolute atomic E-state index is 0.111. The van der Waals surface area contributed by atoms with Crippen LogP contribution in [-0.4, -0.2) is 41.6 Å². The van der Waals surface area contributed by atoms with E-state index in [0.717, 1.165) is 50.1 Å². The van der Waals surface area contributed by atoms with Gasteiger partial charge >= 0.3 is 6.09 Å². The van der Waals surface area contributed by atoms with Crippen LogP contribution in [0.2, 0.25) is 5.02 Å². The highest BCUT2D eigenvalue weighted by Crippen LogP contribution is 2.49. The molecular weight excluding hydrogens is 448 g/mol. The molecule has 1 aliphatic heterocycles. The highest BCUT2D eigenvalue weighted by molar-refractivity contribution is 6.30. The van der Waals surface area contributed by atoms with E-state index >= 15 is 0 Å². The van der Waals surface area contributed by atoms with Gasteiger partial charge in [0.25, 0.3) is 0 Å². The maximum absolute atomic E-state index is 13.7. The van der Waals surface area contributed by atoms with E-state index in [1.165, 1.54) is 35.1 Å². The molecule has 1 N–H and O–H groups in total. The van der Waals surface area contributed by atoms with Crippen molar-refractivity contribution in [3.63, 3.8) is 0 Å². The first-order valence-corrected chi connectivity index (χ1v) is 13.4. The van der Waals surface area contributed by atoms with E-state index in [9.17, 15) is 9.59 Å². The van der Waals surface area contributed by atoms with Crippen molar-refractivity contribution in [1.82, 2.24) is 10.2 Å². The summed E-state index contributed by atoms with van der Waals surface area (Å²) in [4.78, 5) is 27.9. The van der Waals surface area contributed by atoms with Crippen molar-refractivity contribution in [3.8, 4) is 0 Å². The van der Waals surface area contributed by atoms with Crippen LogP contribution >= 0.6 is 11.6 Å². The molecule has 1 aromatic carbocycles. The Morgan fingerprint density at radius 1 is 1.12 bits per heavy atom. The van der Waals surface area contributed by atoms with E-state index in [1.54, 1.807) is 0 Å². The summed E-state index contributed by atoms with van der Waals surface area (Å²) in [6.07, 6.45) is 7.78. The van der Waals surface area contributed by atoms with Crippen LogP contribution < -0.4 is 5.32 Å². The molecule has 1 unspecified atom stereocenters. The number of fused-ring (bicyclic) bond motifs is 2. The van der Waals surface area contributed by atoms with Crippen LogP contribution in [0.3, 0.4) is 0 Å². The maximum Gasteiger partial charge on any atom is 0.407 e. The summed E-state index contributed by atoms with van der Waals surface area (Å²) in [6, 6.07) is 6.55. The number of rotatable bonds is 4. The fraction of sp³-hybridized carbons (Fsp3) is 0.643. The van der Waals surface area contributed by atoms with E-state index < -0.39 is 5.60 Å². The number of ether oxygens (including phenoxy) is 1. The van der Waals surface area contributed by atoms with E-state index in [2.05, 4.69) is 22.3 Å². The Morgan fingerprint density at radius 2 is 1.85 bits per heavy atom. The Bertz CT molecular complexity index is 999. The molecule has 3 aliphatic carbocycles. The fourth-order valence-electron chi connectivity index (χ4n) is 6.21. The minimum atomic E-state index is -0.483. The first-order valence-electron chi connectivity index (χ1n) is 13.0. The van der Waals surface area contributed by atoms with E-state index in [1.807, 2.05) is 26.8 Å². The standard InChI is InChI=1S/C28H37ClN2O3/c1-28(2,3)34-27(33)30-16-17-4-6-19(7-5-17)26(32)31-13-12-23-22-11-10-21(29)14-20(22)15-24(23)25(31)18-8-9-18/h10-11,14,17-19,25H,4-9,12-13,15-16H2,1-3H3,(H,30,33). The van der Waals surface area contributed by atoms with Crippen molar-refractivity contribution in [3.05, 3.63) is 39.9 Å². The molecule has 6 heteroatoms. The SMILES string of the molecule is CC(C)(C)OC(=O)NCC1CCC(C(=O)N2CCC3=C(Cc4cc(Cl)ccc43)C2C2CC2)CC1. The lowest BCUT2D eigenvalue weighted by Crippen LogP contribution is -2.49. The van der Waals surface area contributed by atoms with Gasteiger partial charge in [-0.2, -0.15) is 0 Å². The Kier molecular flexibility index (Phi) is 6.43. The fourth-order valence-corrected chi connectivity index (χ4v) is 6.41. The number of carbonyl (C=O) groups is 2. The zero-order chi connectivity index (χ0) is 24.0. The quantitative estimate of drug-likeness (QED) is 0.570. The van der Waals surface area contributed by atoms with Gasteiger partial charge in [-0.05, 0) is 118 Å². The van der Waals surface area contributed by atoms with E-state index in [0.29, 0.717) is 24.3 Å². The van der Waals surface area contributed by atoms with Crippen LogP contribution in [-0.2, 0) is 16.0 Å². The molecule has 2 saturated carbocycles. The molecule has 2 amide bonds. The van der Waals surface area contributed by atoms with Gasteiger partial charge in [0, 0.05) is 24.0 Å². The lowest BCUT2D eigenvalue weighted by atomic mass is 9.80. The summed E-state index contributed by atoms with van der Waals surface area (Å²) in [5.41, 5.74) is 5.16. The number of hydrogen-bond acceptors (Lipinski definition) is 3. The molecule has 4 aliphatic rings. The molecule has 34 heavy (non-hydrogen) atoms. The van der Waals surface area contributed by atoms with Crippen LogP contribution in [0.25, 0.3) is 5.57 Å². The first kappa shape index (κ1) is 23.7. The zero-order valence-electron chi connectivity index (χ0n) is 20.7. The molecule has 184 valence electrons. The van der Waals surface area contributed by atoms with Crippen molar-refractivity contribution in [1.29, 1.82) is 0 Å². The Morgan fingerprint density at radius 3 is 2.53 bits per heavy atom. The summed E-state index contributed by atoms with van der Waals surface area (Å²) in [5.74, 6) is 1.50. The summed E-state index contributed by atoms with van der Waals surface area (Å²) in [5, 5.41) is 3.71. The lowest BCUT2D eigenvalue weighted by Gasteiger charge is -2.41. The molecule has 1 aromatic rings. The average molecular weight is 485 g/mol. The van der Waals surface area contributed by atoms with Gasteiger partial charge in [-0.3, -0.25) is 4.79 Å². The molecule has 1 atom stereocenters. The number of amides is 2. The number of carbonyl (C=O) groups excluding carboxylic acids is 2. The number of alkyl carbamates (subject to hydrolysis) is 1. The molecule has 0 aromatic heterocycles. The second-order valence-corrected chi connectivity index (χ2v) is 12.1. The third-order valence-electron chi connectivity index (χ3n) is 7.94. The van der Waals surface area contributed by atoms with Crippen molar-refractivity contribution >= 4 is 29.2 Å².